The summed E-state index contributed by atoms with van der Waals surface area (Å²) in [7, 11) is 0. The van der Waals surface area contributed by atoms with Crippen molar-refractivity contribution in [2.24, 2.45) is 5.41 Å². The highest BCUT2D eigenvalue weighted by Gasteiger charge is 2.23. The lowest BCUT2D eigenvalue weighted by atomic mass is 9.85. The zero-order valence-electron chi connectivity index (χ0n) is 12.9. The van der Waals surface area contributed by atoms with Crippen LogP contribution >= 0.6 is 0 Å². The molecular formula is C16H25NO4. The summed E-state index contributed by atoms with van der Waals surface area (Å²) in [6.45, 7) is 7.60. The quantitative estimate of drug-likeness (QED) is 0.640. The fourth-order valence-electron chi connectivity index (χ4n) is 2.09. The molecule has 0 spiro atoms. The van der Waals surface area contributed by atoms with Crippen molar-refractivity contribution in [3.8, 4) is 5.75 Å². The second-order valence-corrected chi connectivity index (χ2v) is 6.07. The minimum absolute atomic E-state index is 0.0615. The summed E-state index contributed by atoms with van der Waals surface area (Å²) in [5, 5.41) is 21.4. The van der Waals surface area contributed by atoms with Gasteiger partial charge in [-0.3, -0.25) is 0 Å². The van der Waals surface area contributed by atoms with E-state index >= 15 is 0 Å². The van der Waals surface area contributed by atoms with Crippen LogP contribution in [0.25, 0.3) is 0 Å². The van der Waals surface area contributed by atoms with E-state index in [1.54, 1.807) is 12.1 Å². The van der Waals surface area contributed by atoms with Gasteiger partial charge in [0.2, 0.25) is 0 Å². The number of hydrogen-bond donors (Lipinski definition) is 3. The Hall–Kier alpha value is -1.59. The molecule has 1 aromatic carbocycles. The molecule has 5 heteroatoms. The van der Waals surface area contributed by atoms with E-state index in [1.165, 1.54) is 12.1 Å². The normalized spacial score (nSPS) is 13.0. The van der Waals surface area contributed by atoms with E-state index in [0.717, 1.165) is 0 Å². The van der Waals surface area contributed by atoms with Gasteiger partial charge in [-0.2, -0.15) is 0 Å². The van der Waals surface area contributed by atoms with E-state index in [2.05, 4.69) is 26.1 Å². The fraction of sp³-hybridized carbons (Fsp3) is 0.562. The molecule has 0 amide bonds. The maximum atomic E-state index is 10.9. The number of rotatable bonds is 8. The van der Waals surface area contributed by atoms with Crippen LogP contribution in [0.15, 0.2) is 24.3 Å². The largest absolute Gasteiger partial charge is 0.492 e. The number of carbonyl (C=O) groups is 1. The Labute approximate surface area is 125 Å². The van der Waals surface area contributed by atoms with Crippen molar-refractivity contribution in [1.29, 1.82) is 0 Å². The van der Waals surface area contributed by atoms with Crippen molar-refractivity contribution >= 4 is 5.97 Å². The first-order chi connectivity index (χ1) is 9.84. The van der Waals surface area contributed by atoms with Gasteiger partial charge < -0.3 is 20.3 Å². The van der Waals surface area contributed by atoms with Crippen LogP contribution in [0.4, 0.5) is 0 Å². The molecule has 0 heterocycles. The van der Waals surface area contributed by atoms with Crippen molar-refractivity contribution in [2.45, 2.75) is 33.2 Å². The summed E-state index contributed by atoms with van der Waals surface area (Å²) in [5.41, 5.74) is 0.277. The molecule has 0 aliphatic heterocycles. The van der Waals surface area contributed by atoms with E-state index in [0.29, 0.717) is 25.3 Å². The molecule has 3 N–H and O–H groups in total. The topological polar surface area (TPSA) is 78.8 Å². The van der Waals surface area contributed by atoms with Crippen molar-refractivity contribution in [3.05, 3.63) is 29.8 Å². The van der Waals surface area contributed by atoms with Crippen molar-refractivity contribution in [3.63, 3.8) is 0 Å². The summed E-state index contributed by atoms with van der Waals surface area (Å²) < 4.78 is 5.55. The van der Waals surface area contributed by atoms with Crippen LogP contribution < -0.4 is 10.1 Å². The molecule has 0 saturated heterocycles. The lowest BCUT2D eigenvalue weighted by molar-refractivity contribution is 0.0696. The van der Waals surface area contributed by atoms with Crippen LogP contribution in [0.1, 0.15) is 37.6 Å². The highest BCUT2D eigenvalue weighted by Crippen LogP contribution is 2.21. The van der Waals surface area contributed by atoms with Gasteiger partial charge in [0.05, 0.1) is 5.56 Å². The monoisotopic (exact) mass is 295 g/mol. The predicted molar refractivity (Wildman–Crippen MR) is 81.8 cm³/mol. The molecule has 0 radical (unpaired) electrons. The zero-order chi connectivity index (χ0) is 15.9. The Bertz CT molecular complexity index is 454. The summed E-state index contributed by atoms with van der Waals surface area (Å²) in [6, 6.07) is 6.65. The van der Waals surface area contributed by atoms with E-state index in [-0.39, 0.29) is 23.6 Å². The Morgan fingerprint density at radius 3 is 2.67 bits per heavy atom. The molecule has 0 aromatic heterocycles. The molecule has 0 bridgehead atoms. The minimum Gasteiger partial charge on any atom is -0.492 e. The lowest BCUT2D eigenvalue weighted by Crippen LogP contribution is -2.42. The Morgan fingerprint density at radius 1 is 1.38 bits per heavy atom. The van der Waals surface area contributed by atoms with E-state index < -0.39 is 5.97 Å². The zero-order valence-corrected chi connectivity index (χ0v) is 12.9. The smallest absolute Gasteiger partial charge is 0.335 e. The summed E-state index contributed by atoms with van der Waals surface area (Å²) in [6.07, 6.45) is 0.692. The first kappa shape index (κ1) is 17.5. The van der Waals surface area contributed by atoms with Crippen molar-refractivity contribution in [2.75, 3.05) is 19.8 Å². The molecule has 0 aliphatic rings. The molecule has 1 rings (SSSR count). The van der Waals surface area contributed by atoms with Crippen molar-refractivity contribution < 1.29 is 19.7 Å². The number of aliphatic hydroxyl groups excluding tert-OH is 1. The first-order valence-electron chi connectivity index (χ1n) is 7.15. The molecule has 1 aromatic rings. The maximum Gasteiger partial charge on any atom is 0.335 e. The van der Waals surface area contributed by atoms with Gasteiger partial charge in [-0.05, 0) is 30.0 Å². The second-order valence-electron chi connectivity index (χ2n) is 6.07. The summed E-state index contributed by atoms with van der Waals surface area (Å²) in [5.74, 6) is -0.416. The number of carboxylic acid groups (broad SMARTS) is 1. The molecule has 1 atom stereocenters. The lowest BCUT2D eigenvalue weighted by Gasteiger charge is -2.31. The van der Waals surface area contributed by atoms with Crippen LogP contribution in [0.3, 0.4) is 0 Å². The average molecular weight is 295 g/mol. The van der Waals surface area contributed by atoms with Gasteiger partial charge in [0.15, 0.2) is 0 Å². The number of aliphatic hydroxyl groups is 1. The minimum atomic E-state index is -0.964. The van der Waals surface area contributed by atoms with E-state index in [9.17, 15) is 4.79 Å². The third-order valence-electron chi connectivity index (χ3n) is 3.31. The molecule has 5 nitrogen and oxygen atoms in total. The van der Waals surface area contributed by atoms with Crippen LogP contribution in [0.5, 0.6) is 5.75 Å². The highest BCUT2D eigenvalue weighted by atomic mass is 16.5. The SMILES string of the molecule is CC(C)(C)C(CCO)NCCOc1cccc(C(=O)O)c1. The van der Waals surface area contributed by atoms with Gasteiger partial charge in [0, 0.05) is 19.2 Å². The van der Waals surface area contributed by atoms with Gasteiger partial charge in [0.1, 0.15) is 12.4 Å². The van der Waals surface area contributed by atoms with Gasteiger partial charge in [-0.15, -0.1) is 0 Å². The number of carboxylic acids is 1. The van der Waals surface area contributed by atoms with E-state index in [1.807, 2.05) is 0 Å². The number of ether oxygens (including phenoxy) is 1. The Morgan fingerprint density at radius 2 is 2.10 bits per heavy atom. The fourth-order valence-corrected chi connectivity index (χ4v) is 2.09. The Balaban J connectivity index is 2.43. The molecular weight excluding hydrogens is 270 g/mol. The number of hydrogen-bond acceptors (Lipinski definition) is 4. The van der Waals surface area contributed by atoms with Crippen LogP contribution in [-0.2, 0) is 0 Å². The Kier molecular flexibility index (Phi) is 6.65. The van der Waals surface area contributed by atoms with Crippen LogP contribution in [0.2, 0.25) is 0 Å². The van der Waals surface area contributed by atoms with Gasteiger partial charge in [-0.25, -0.2) is 4.79 Å². The number of nitrogens with one attached hydrogen (secondary N) is 1. The molecule has 0 fully saturated rings. The third kappa shape index (κ3) is 6.14. The highest BCUT2D eigenvalue weighted by molar-refractivity contribution is 5.87. The summed E-state index contributed by atoms with van der Waals surface area (Å²) >= 11 is 0. The van der Waals surface area contributed by atoms with E-state index in [4.69, 9.17) is 14.9 Å². The molecule has 0 aliphatic carbocycles. The van der Waals surface area contributed by atoms with Crippen molar-refractivity contribution in [1.82, 2.24) is 5.32 Å². The predicted octanol–water partition coefficient (Wildman–Crippen LogP) is 2.15. The molecule has 1 unspecified atom stereocenters. The maximum absolute atomic E-state index is 10.9. The molecule has 118 valence electrons. The molecule has 0 saturated carbocycles. The van der Waals surface area contributed by atoms with Gasteiger partial charge in [0.25, 0.3) is 0 Å². The summed E-state index contributed by atoms with van der Waals surface area (Å²) in [4.78, 5) is 10.9. The molecule has 21 heavy (non-hydrogen) atoms. The number of aromatic carboxylic acids is 1. The second kappa shape index (κ2) is 8.00. The van der Waals surface area contributed by atoms with Gasteiger partial charge in [-0.1, -0.05) is 26.8 Å². The van der Waals surface area contributed by atoms with Gasteiger partial charge >= 0.3 is 5.97 Å². The first-order valence-corrected chi connectivity index (χ1v) is 7.15. The third-order valence-corrected chi connectivity index (χ3v) is 3.31. The average Bonchev–Trinajstić information content (AvgIpc) is 2.41. The van der Waals surface area contributed by atoms with Crippen LogP contribution in [-0.4, -0.2) is 42.0 Å². The van der Waals surface area contributed by atoms with Crippen LogP contribution in [0, 0.1) is 5.41 Å². The standard InChI is InChI=1S/C16H25NO4/c1-16(2,3)14(7-9-18)17-8-10-21-13-6-4-5-12(11-13)15(19)20/h4-6,11,14,17-18H,7-10H2,1-3H3,(H,19,20). The number of benzene rings is 1.